The van der Waals surface area contributed by atoms with Crippen molar-refractivity contribution in [3.05, 3.63) is 188 Å². The number of methoxy groups -OCH3 is 1. The van der Waals surface area contributed by atoms with Crippen LogP contribution in [0.1, 0.15) is 11.1 Å². The van der Waals surface area contributed by atoms with E-state index in [1.54, 1.807) is 19.5 Å². The number of aromatic nitrogens is 6. The molecule has 0 amide bonds. The molecule has 0 unspecified atom stereocenters. The standard InChI is InChI=1S/C53H38N6O3/c1-33-21-23-54-52(25-33)58-46-13-6-4-11-40(46)42-18-16-38(29-48(42)58)61-37-10-8-9-35(27-37)44-31-57-45(32-56-44)36-15-20-50(60-3)51(28-36)62-39-17-19-43-41-12-5-7-14-47(41)59(49(43)30-39)53-26-34(2)22-24-55-53/h4-32H,1-3H3. The van der Waals surface area contributed by atoms with Gasteiger partial charge < -0.3 is 14.2 Å². The van der Waals surface area contributed by atoms with Gasteiger partial charge in [0.1, 0.15) is 28.9 Å². The largest absolute Gasteiger partial charge is 0.493 e. The molecule has 0 aliphatic carbocycles. The zero-order valence-corrected chi connectivity index (χ0v) is 34.2. The van der Waals surface area contributed by atoms with Crippen molar-refractivity contribution in [2.24, 2.45) is 0 Å². The summed E-state index contributed by atoms with van der Waals surface area (Å²) < 4.78 is 23.2. The summed E-state index contributed by atoms with van der Waals surface area (Å²) in [6, 6.07) is 51.0. The van der Waals surface area contributed by atoms with Crippen molar-refractivity contribution in [3.8, 4) is 62.9 Å². The first-order valence-electron chi connectivity index (χ1n) is 20.4. The minimum absolute atomic E-state index is 0.560. The molecule has 9 heteroatoms. The molecular weight excluding hydrogens is 769 g/mol. The van der Waals surface area contributed by atoms with E-state index in [1.807, 2.05) is 79.1 Å². The molecule has 6 aromatic carbocycles. The number of fused-ring (bicyclic) bond motifs is 6. The lowest BCUT2D eigenvalue weighted by atomic mass is 10.1. The number of hydrogen-bond donors (Lipinski definition) is 0. The van der Waals surface area contributed by atoms with E-state index in [-0.39, 0.29) is 0 Å². The predicted molar refractivity (Wildman–Crippen MR) is 246 cm³/mol. The summed E-state index contributed by atoms with van der Waals surface area (Å²) in [5.74, 6) is 4.95. The fourth-order valence-corrected chi connectivity index (χ4v) is 8.33. The van der Waals surface area contributed by atoms with Gasteiger partial charge in [0.25, 0.3) is 0 Å². The van der Waals surface area contributed by atoms with Gasteiger partial charge in [-0.2, -0.15) is 0 Å². The van der Waals surface area contributed by atoms with E-state index >= 15 is 0 Å². The summed E-state index contributed by atoms with van der Waals surface area (Å²) in [5.41, 5.74) is 9.60. The van der Waals surface area contributed by atoms with E-state index in [4.69, 9.17) is 34.1 Å². The zero-order valence-electron chi connectivity index (χ0n) is 34.2. The van der Waals surface area contributed by atoms with Crippen molar-refractivity contribution in [2.75, 3.05) is 7.11 Å². The molecular formula is C53H38N6O3. The summed E-state index contributed by atoms with van der Waals surface area (Å²) in [6.07, 6.45) is 7.25. The van der Waals surface area contributed by atoms with Crippen molar-refractivity contribution >= 4 is 43.6 Å². The number of hydrogen-bond acceptors (Lipinski definition) is 7. The number of pyridine rings is 2. The molecule has 0 saturated carbocycles. The minimum Gasteiger partial charge on any atom is -0.493 e. The Hall–Kier alpha value is -8.30. The van der Waals surface area contributed by atoms with Crippen molar-refractivity contribution in [1.29, 1.82) is 0 Å². The molecule has 11 rings (SSSR count). The highest BCUT2D eigenvalue weighted by Crippen LogP contribution is 2.40. The second kappa shape index (κ2) is 15.1. The Kier molecular flexibility index (Phi) is 8.93. The summed E-state index contributed by atoms with van der Waals surface area (Å²) in [6.45, 7) is 4.16. The molecule has 0 aliphatic rings. The molecule has 0 radical (unpaired) electrons. The summed E-state index contributed by atoms with van der Waals surface area (Å²) in [5, 5.41) is 4.55. The van der Waals surface area contributed by atoms with Crippen molar-refractivity contribution < 1.29 is 14.2 Å². The lowest BCUT2D eigenvalue weighted by Crippen LogP contribution is -1.98. The maximum absolute atomic E-state index is 6.58. The van der Waals surface area contributed by atoms with Crippen molar-refractivity contribution in [1.82, 2.24) is 29.1 Å². The smallest absolute Gasteiger partial charge is 0.169 e. The van der Waals surface area contributed by atoms with Crippen molar-refractivity contribution in [2.45, 2.75) is 13.8 Å². The lowest BCUT2D eigenvalue weighted by molar-refractivity contribution is 0.379. The van der Waals surface area contributed by atoms with Crippen LogP contribution in [-0.2, 0) is 0 Å². The van der Waals surface area contributed by atoms with E-state index in [1.165, 1.54) is 0 Å². The van der Waals surface area contributed by atoms with Crippen LogP contribution in [0.5, 0.6) is 28.7 Å². The van der Waals surface area contributed by atoms with Gasteiger partial charge in [-0.25, -0.2) is 9.97 Å². The molecule has 0 spiro atoms. The van der Waals surface area contributed by atoms with E-state index in [9.17, 15) is 0 Å². The third kappa shape index (κ3) is 6.53. The van der Waals surface area contributed by atoms with Gasteiger partial charge in [-0.1, -0.05) is 48.5 Å². The Bertz CT molecular complexity index is 3500. The molecule has 0 saturated heterocycles. The monoisotopic (exact) mass is 806 g/mol. The first-order chi connectivity index (χ1) is 30.5. The van der Waals surface area contributed by atoms with Gasteiger partial charge in [0, 0.05) is 57.2 Å². The van der Waals surface area contributed by atoms with E-state index in [2.05, 4.69) is 108 Å². The molecule has 62 heavy (non-hydrogen) atoms. The zero-order chi connectivity index (χ0) is 41.7. The second-order valence-electron chi connectivity index (χ2n) is 15.3. The maximum Gasteiger partial charge on any atom is 0.169 e. The number of benzene rings is 6. The molecule has 0 aliphatic heterocycles. The SMILES string of the molecule is COc1ccc(-c2cnc(-c3cccc(Oc4ccc5c6ccccc6n(-c6cc(C)ccn6)c5c4)c3)cn2)cc1Oc1ccc2c3ccccc3n(-c3cc(C)ccn3)c2c1. The molecule has 0 bridgehead atoms. The van der Waals surface area contributed by atoms with Crippen LogP contribution < -0.4 is 14.2 Å². The molecule has 9 nitrogen and oxygen atoms in total. The van der Waals surface area contributed by atoms with Crippen LogP contribution in [0.3, 0.4) is 0 Å². The number of rotatable bonds is 9. The number of para-hydroxylation sites is 2. The van der Waals surface area contributed by atoms with Crippen LogP contribution >= 0.6 is 0 Å². The fourth-order valence-electron chi connectivity index (χ4n) is 8.33. The fraction of sp³-hybridized carbons (Fsp3) is 0.0566. The van der Waals surface area contributed by atoms with Crippen LogP contribution in [0.15, 0.2) is 176 Å². The Balaban J connectivity index is 0.871. The minimum atomic E-state index is 0.560. The van der Waals surface area contributed by atoms with E-state index in [0.717, 1.165) is 88.9 Å². The molecule has 11 aromatic rings. The van der Waals surface area contributed by atoms with Crippen LogP contribution in [0, 0.1) is 13.8 Å². The lowest BCUT2D eigenvalue weighted by Gasteiger charge is -2.13. The first-order valence-corrected chi connectivity index (χ1v) is 20.4. The highest BCUT2D eigenvalue weighted by atomic mass is 16.5. The van der Waals surface area contributed by atoms with Gasteiger partial charge in [-0.15, -0.1) is 0 Å². The van der Waals surface area contributed by atoms with Crippen LogP contribution in [0.25, 0.3) is 77.8 Å². The van der Waals surface area contributed by atoms with Crippen molar-refractivity contribution in [3.63, 3.8) is 0 Å². The summed E-state index contributed by atoms with van der Waals surface area (Å²) >= 11 is 0. The Morgan fingerprint density at radius 3 is 1.50 bits per heavy atom. The topological polar surface area (TPSA) is 89.1 Å². The summed E-state index contributed by atoms with van der Waals surface area (Å²) in [7, 11) is 1.64. The quantitative estimate of drug-likeness (QED) is 0.143. The predicted octanol–water partition coefficient (Wildman–Crippen LogP) is 13.0. The molecule has 5 aromatic heterocycles. The molecule has 0 atom stereocenters. The maximum atomic E-state index is 6.58. The van der Waals surface area contributed by atoms with Crippen LogP contribution in [0.4, 0.5) is 0 Å². The van der Waals surface area contributed by atoms with Gasteiger partial charge in [0.2, 0.25) is 0 Å². The first kappa shape index (κ1) is 36.8. The highest BCUT2D eigenvalue weighted by molar-refractivity contribution is 6.10. The third-order valence-corrected chi connectivity index (χ3v) is 11.3. The molecule has 0 fully saturated rings. The van der Waals surface area contributed by atoms with Crippen LogP contribution in [-0.4, -0.2) is 36.2 Å². The van der Waals surface area contributed by atoms with Gasteiger partial charge in [0.15, 0.2) is 11.5 Å². The highest BCUT2D eigenvalue weighted by Gasteiger charge is 2.17. The number of ether oxygens (including phenoxy) is 3. The number of aryl methyl sites for hydroxylation is 2. The normalized spacial score (nSPS) is 11.5. The van der Waals surface area contributed by atoms with Gasteiger partial charge in [-0.05, 0) is 116 Å². The second-order valence-corrected chi connectivity index (χ2v) is 15.3. The van der Waals surface area contributed by atoms with Gasteiger partial charge in [0.05, 0.1) is 53.0 Å². The summed E-state index contributed by atoms with van der Waals surface area (Å²) in [4.78, 5) is 19.1. The molecule has 298 valence electrons. The molecule has 0 N–H and O–H groups in total. The van der Waals surface area contributed by atoms with Gasteiger partial charge >= 0.3 is 0 Å². The Morgan fingerprint density at radius 1 is 0.403 bits per heavy atom. The van der Waals surface area contributed by atoms with Gasteiger partial charge in [-0.3, -0.25) is 19.1 Å². The Morgan fingerprint density at radius 2 is 0.935 bits per heavy atom. The Labute approximate surface area is 357 Å². The average Bonchev–Trinajstić information content (AvgIpc) is 3.81. The number of nitrogens with zero attached hydrogens (tertiary/aromatic N) is 6. The average molecular weight is 807 g/mol. The van der Waals surface area contributed by atoms with E-state index in [0.29, 0.717) is 28.7 Å². The third-order valence-electron chi connectivity index (χ3n) is 11.3. The van der Waals surface area contributed by atoms with E-state index < -0.39 is 0 Å². The van der Waals surface area contributed by atoms with Crippen LogP contribution in [0.2, 0.25) is 0 Å². The molecule has 5 heterocycles.